The van der Waals surface area contributed by atoms with Gasteiger partial charge in [-0.15, -0.1) is 10.2 Å². The van der Waals surface area contributed by atoms with Crippen molar-refractivity contribution in [1.82, 2.24) is 83.7 Å². The number of carbonyl (C=O) groups excluding carboxylic acids is 1. The summed E-state index contributed by atoms with van der Waals surface area (Å²) < 4.78 is 5.18. The van der Waals surface area contributed by atoms with Gasteiger partial charge in [-0.25, -0.2) is 38.5 Å². The van der Waals surface area contributed by atoms with Crippen molar-refractivity contribution in [3.63, 3.8) is 0 Å². The monoisotopic (exact) mass is 1820 g/mol. The third-order valence-electron chi connectivity index (χ3n) is 19.9. The van der Waals surface area contributed by atoms with Crippen LogP contribution in [-0.4, -0.2) is 90.0 Å². The molecule has 0 aliphatic rings. The molecule has 22 rings (SSSR count). The van der Waals surface area contributed by atoms with E-state index in [1.165, 1.54) is 32.1 Å². The summed E-state index contributed by atoms with van der Waals surface area (Å²) >= 11 is 3.38. The van der Waals surface area contributed by atoms with Gasteiger partial charge in [0.2, 0.25) is 5.82 Å². The van der Waals surface area contributed by atoms with Crippen LogP contribution in [0.5, 0.6) is 0 Å². The molecule has 0 radical (unpaired) electrons. The van der Waals surface area contributed by atoms with Gasteiger partial charge in [-0.3, -0.25) is 34.7 Å². The minimum absolute atomic E-state index is 0. The molecular weight excluding hydrogens is 1720 g/mol. The molecule has 0 spiro atoms. The van der Waals surface area contributed by atoms with Crippen LogP contribution in [0.4, 0.5) is 0 Å². The van der Waals surface area contributed by atoms with E-state index in [-0.39, 0.29) is 82.2 Å². The first-order valence-corrected chi connectivity index (χ1v) is 41.6. The van der Waals surface area contributed by atoms with Gasteiger partial charge in [0.25, 0.3) is 0 Å². The molecule has 0 N–H and O–H groups in total. The lowest BCUT2D eigenvalue weighted by atomic mass is 10.1. The number of benzene rings is 8. The van der Waals surface area contributed by atoms with E-state index >= 15 is 0 Å². The number of para-hydroxylation sites is 5. The molecule has 0 amide bonds. The molecular formula is C106H106Br2N17OP. The number of nitrogens with zero attached hydrogens (tertiary/aromatic N) is 17. The van der Waals surface area contributed by atoms with Crippen LogP contribution in [0, 0.1) is 6.92 Å². The van der Waals surface area contributed by atoms with Crippen molar-refractivity contribution in [2.45, 2.75) is 90.7 Å². The van der Waals surface area contributed by atoms with Crippen LogP contribution in [0.25, 0.3) is 116 Å². The summed E-state index contributed by atoms with van der Waals surface area (Å²) in [5, 5.41) is 26.8. The molecule has 0 aliphatic carbocycles. The quantitative estimate of drug-likeness (QED) is 0.0632. The van der Waals surface area contributed by atoms with Crippen LogP contribution in [0.3, 0.4) is 0 Å². The Morgan fingerprint density at radius 2 is 0.661 bits per heavy atom. The highest BCUT2D eigenvalue weighted by Gasteiger charge is 2.46. The fraction of sp³-hybridized carbons (Fsp3) is 0.123. The van der Waals surface area contributed by atoms with E-state index in [1.54, 1.807) is 33.8 Å². The Morgan fingerprint density at radius 1 is 0.307 bits per heavy atom. The van der Waals surface area contributed by atoms with Gasteiger partial charge in [-0.2, -0.15) is 5.10 Å². The third kappa shape index (κ3) is 22.8. The van der Waals surface area contributed by atoms with Crippen molar-refractivity contribution in [2.75, 3.05) is 0 Å². The number of aldehydes is 1. The topological polar surface area (TPSA) is 211 Å². The number of aryl methyl sites for hydroxylation is 3. The summed E-state index contributed by atoms with van der Waals surface area (Å²) in [4.78, 5) is 60.1. The molecule has 0 atom stereocenters. The first-order valence-electron chi connectivity index (χ1n) is 38.5. The van der Waals surface area contributed by atoms with Crippen LogP contribution in [0.1, 0.15) is 110 Å². The van der Waals surface area contributed by atoms with Crippen LogP contribution in [0.2, 0.25) is 0 Å². The van der Waals surface area contributed by atoms with Gasteiger partial charge in [0.05, 0.1) is 61.2 Å². The largest absolute Gasteiger partial charge is 1.00 e. The molecule has 8 aromatic carbocycles. The van der Waals surface area contributed by atoms with Crippen molar-refractivity contribution in [3.8, 4) is 0 Å². The fourth-order valence-corrected chi connectivity index (χ4v) is 18.6. The number of rotatable bonds is 12. The molecule has 127 heavy (non-hydrogen) atoms. The fourth-order valence-electron chi connectivity index (χ4n) is 14.2. The van der Waals surface area contributed by atoms with Crippen LogP contribution < -0.4 is 32.9 Å². The van der Waals surface area contributed by atoms with Gasteiger partial charge in [0.1, 0.15) is 29.3 Å². The smallest absolute Gasteiger partial charge is 0.215 e. The van der Waals surface area contributed by atoms with Crippen LogP contribution >= 0.6 is 23.2 Å². The highest BCUT2D eigenvalue weighted by molar-refractivity contribution is 9.08. The van der Waals surface area contributed by atoms with E-state index in [9.17, 15) is 4.79 Å². The highest BCUT2D eigenvalue weighted by atomic mass is 79.9. The molecule has 21 heteroatoms. The maximum Gasteiger partial charge on any atom is 0.215 e. The Kier molecular flexibility index (Phi) is 35.9. The molecule has 0 saturated carbocycles. The Labute approximate surface area is 763 Å². The number of halogens is 2. The minimum Gasteiger partial charge on any atom is -1.00 e. The summed E-state index contributed by atoms with van der Waals surface area (Å²) in [7, 11) is -1.92. The number of pyridine rings is 11. The van der Waals surface area contributed by atoms with E-state index in [1.807, 2.05) is 182 Å². The van der Waals surface area contributed by atoms with Gasteiger partial charge in [0, 0.05) is 103 Å². The van der Waals surface area contributed by atoms with Crippen molar-refractivity contribution in [1.29, 1.82) is 0 Å². The van der Waals surface area contributed by atoms with Crippen LogP contribution in [-0.2, 0) is 24.3 Å². The van der Waals surface area contributed by atoms with Gasteiger partial charge >= 0.3 is 0 Å². The molecule has 0 unspecified atom stereocenters. The Bertz CT molecular complexity index is 7230. The maximum absolute atomic E-state index is 10.6. The minimum atomic E-state index is -1.92. The number of carbonyl (C=O) groups is 1. The van der Waals surface area contributed by atoms with Gasteiger partial charge in [0.15, 0.2) is 34.9 Å². The number of fused-ring (bicyclic) bond motifs is 14. The second-order valence-corrected chi connectivity index (χ2v) is 31.7. The Hall–Kier alpha value is -14.3. The summed E-state index contributed by atoms with van der Waals surface area (Å²) in [5.74, 6) is 1.66. The first-order chi connectivity index (χ1) is 58.2. The molecule has 0 saturated heterocycles. The van der Waals surface area contributed by atoms with Gasteiger partial charge in [-0.05, 0) is 177 Å². The van der Waals surface area contributed by atoms with E-state index in [0.29, 0.717) is 17.8 Å². The lowest BCUT2D eigenvalue weighted by Crippen LogP contribution is -3.00. The zero-order valence-corrected chi connectivity index (χ0v) is 68.5. The zero-order chi connectivity index (χ0) is 79.8. The lowest BCUT2D eigenvalue weighted by Gasteiger charge is -2.27. The van der Waals surface area contributed by atoms with Crippen molar-refractivity contribution < 1.29 is 21.8 Å². The lowest BCUT2D eigenvalue weighted by molar-refractivity contribution is -0.0000325. The molecule has 14 heterocycles. The zero-order valence-electron chi connectivity index (χ0n) is 64.4. The number of hydrogen-bond acceptors (Lipinski definition) is 15. The maximum atomic E-state index is 10.6. The summed E-state index contributed by atoms with van der Waals surface area (Å²) in [6.07, 6.45) is 17.7. The summed E-state index contributed by atoms with van der Waals surface area (Å²) in [6, 6.07) is 112. The predicted molar refractivity (Wildman–Crippen MR) is 535 cm³/mol. The summed E-state index contributed by atoms with van der Waals surface area (Å²) in [5.41, 5.74) is 15.4. The van der Waals surface area contributed by atoms with E-state index in [0.717, 1.165) is 141 Å². The molecule has 18 nitrogen and oxygen atoms in total. The third-order valence-corrected chi connectivity index (χ3v) is 24.8. The predicted octanol–water partition coefficient (Wildman–Crippen LogP) is 22.2. The second-order valence-electron chi connectivity index (χ2n) is 27.6. The van der Waals surface area contributed by atoms with E-state index in [4.69, 9.17) is 15.0 Å². The summed E-state index contributed by atoms with van der Waals surface area (Å²) in [6.45, 7) is 2.01. The molecule has 22 aromatic rings. The number of hydrogen-bond donors (Lipinski definition) is 0. The number of alkyl halides is 1. The molecule has 14 aromatic heterocycles. The highest BCUT2D eigenvalue weighted by Crippen LogP contribution is 2.58. The second kappa shape index (κ2) is 46.4. The molecule has 0 aliphatic heterocycles. The normalized spacial score (nSPS) is 10.5. The first kappa shape index (κ1) is 98.1. The van der Waals surface area contributed by atoms with Crippen LogP contribution in [0.15, 0.2) is 365 Å². The molecule has 0 fully saturated rings. The van der Waals surface area contributed by atoms with E-state index in [2.05, 4.69) is 253 Å². The van der Waals surface area contributed by atoms with E-state index < -0.39 is 7.26 Å². The average molecular weight is 1820 g/mol. The standard InChI is InChI=1S/C28H23NP.C20H15N5.C20H13N5.C10H8BrN.C10H6N4O.C10H9N.8CH4.BrH/c1-4-13-25(14-5-1)30(26-15-6-2-7-16-26,27-17-8-3-9-18-27)22-24-21-20-23-12-10-11-19-28(23)29-24;2*1-2-6-17-14(4-1)7-8-15(22-17)9-10-19-23-20-16-5-3-12-21-18(16)11-13-25(20)24-19;11-7-9-6-5-8-3-1-2-4-10(8)12-9;15-6-9-12-10-7-2-1-4-11-8(7)3-5-14(10)13-9;1-8-6-7-9-4-2-3-5-10(9)11-8;;;;;;;;;/h1-21H,22H2;1-8,11-13H,9-10H2;1-13H;1-6H,7H2;1-6H;2-7H,1H3;8*1H4;1H/q+1;;;;;;;;;;;;;;/p-1/b;;10-9+;;;;;;;;;;;;. The average Bonchev–Trinajstić information content (AvgIpc) is 1.67. The van der Waals surface area contributed by atoms with Gasteiger partial charge in [-0.1, -0.05) is 251 Å². The SMILES string of the molecule is BrCc1ccc2ccccc2n1.C.C.C.C.C.C.C.C.C(=C\c1nc2c3cccnc3ccn2n1)/c1ccc2ccccc2n1.Cc1ccc2ccccc2n1.O=Cc1nc2c3cccnc3ccn2n1.[Br-].c1ccc([P+](Cc2ccc3ccccc3n2)(c2ccccc2)c2ccccc2)cc1.c1ccc2nc(CCc3nc4c5cccnc5ccn4n3)ccc2c1. The molecule has 640 valence electrons. The number of aromatic nitrogens is 17. The van der Waals surface area contributed by atoms with Crippen molar-refractivity contribution in [2.24, 2.45) is 0 Å². The van der Waals surface area contributed by atoms with Crippen molar-refractivity contribution >= 4 is 162 Å². The molecule has 0 bridgehead atoms. The Balaban J connectivity index is 0.000000192. The van der Waals surface area contributed by atoms with Crippen molar-refractivity contribution in [3.05, 3.63) is 411 Å². The Morgan fingerprint density at radius 3 is 1.11 bits per heavy atom. The van der Waals surface area contributed by atoms with Gasteiger partial charge < -0.3 is 17.0 Å².